The standard InChI is InChI=1S/C7H15NO.C6H6.2C2H6/c1-3-8(4-2)6-5-7-9;1-2-4-6-5-3-1;2*1-2/h7H,3-6H2,1-2H3;1-6H;2*1-2H3. The van der Waals surface area contributed by atoms with Crippen LogP contribution in [0.5, 0.6) is 0 Å². The molecule has 0 fully saturated rings. The van der Waals surface area contributed by atoms with E-state index in [4.69, 9.17) is 0 Å². The smallest absolute Gasteiger partial charge is 0.121 e. The van der Waals surface area contributed by atoms with Gasteiger partial charge in [-0.2, -0.15) is 0 Å². The SMILES string of the molecule is CC.CC.CCN(CC)CCC=O.c1ccccc1. The first-order valence-electron chi connectivity index (χ1n) is 7.51. The Bertz CT molecular complexity index is 193. The zero-order valence-corrected chi connectivity index (χ0v) is 13.7. The van der Waals surface area contributed by atoms with Gasteiger partial charge in [-0.15, -0.1) is 0 Å². The van der Waals surface area contributed by atoms with Crippen LogP contribution in [0.25, 0.3) is 0 Å². The number of nitrogens with zero attached hydrogens (tertiary/aromatic N) is 1. The molecule has 0 spiro atoms. The van der Waals surface area contributed by atoms with Crippen LogP contribution < -0.4 is 0 Å². The number of benzene rings is 1. The predicted octanol–water partition coefficient (Wildman–Crippen LogP) is 4.66. The predicted molar refractivity (Wildman–Crippen MR) is 87.6 cm³/mol. The first-order chi connectivity index (χ1) is 9.35. The van der Waals surface area contributed by atoms with Gasteiger partial charge in [0.05, 0.1) is 0 Å². The second kappa shape index (κ2) is 25.6. The lowest BCUT2D eigenvalue weighted by molar-refractivity contribution is -0.108. The molecule has 0 atom stereocenters. The summed E-state index contributed by atoms with van der Waals surface area (Å²) in [6, 6.07) is 12.0. The van der Waals surface area contributed by atoms with Crippen molar-refractivity contribution in [1.82, 2.24) is 4.90 Å². The van der Waals surface area contributed by atoms with Gasteiger partial charge in [0.25, 0.3) is 0 Å². The zero-order valence-electron chi connectivity index (χ0n) is 13.7. The molecule has 0 saturated carbocycles. The van der Waals surface area contributed by atoms with Crippen molar-refractivity contribution >= 4 is 6.29 Å². The van der Waals surface area contributed by atoms with Crippen molar-refractivity contribution in [2.24, 2.45) is 0 Å². The van der Waals surface area contributed by atoms with E-state index in [2.05, 4.69) is 18.7 Å². The molecule has 0 aliphatic rings. The summed E-state index contributed by atoms with van der Waals surface area (Å²) in [5.74, 6) is 0. The van der Waals surface area contributed by atoms with E-state index in [0.29, 0.717) is 6.42 Å². The molecule has 0 aromatic heterocycles. The number of aldehydes is 1. The van der Waals surface area contributed by atoms with Gasteiger partial charge in [0, 0.05) is 13.0 Å². The highest BCUT2D eigenvalue weighted by Gasteiger charge is 1.94. The summed E-state index contributed by atoms with van der Waals surface area (Å²) in [4.78, 5) is 12.1. The van der Waals surface area contributed by atoms with Gasteiger partial charge < -0.3 is 9.69 Å². The van der Waals surface area contributed by atoms with Crippen molar-refractivity contribution < 1.29 is 4.79 Å². The first-order valence-corrected chi connectivity index (χ1v) is 7.51. The molecule has 0 unspecified atom stereocenters. The van der Waals surface area contributed by atoms with Gasteiger partial charge in [0.1, 0.15) is 6.29 Å². The van der Waals surface area contributed by atoms with Crippen molar-refractivity contribution in [2.75, 3.05) is 19.6 Å². The largest absolute Gasteiger partial charge is 0.303 e. The van der Waals surface area contributed by atoms with E-state index in [9.17, 15) is 4.79 Å². The maximum atomic E-state index is 9.91. The van der Waals surface area contributed by atoms with Crippen molar-refractivity contribution in [3.8, 4) is 0 Å². The normalized spacial score (nSPS) is 7.95. The molecule has 112 valence electrons. The average molecular weight is 267 g/mol. The molecule has 0 heterocycles. The van der Waals surface area contributed by atoms with Crippen molar-refractivity contribution in [2.45, 2.75) is 48.0 Å². The zero-order chi connectivity index (χ0) is 15.4. The van der Waals surface area contributed by atoms with Crippen LogP contribution in [0.2, 0.25) is 0 Å². The summed E-state index contributed by atoms with van der Waals surface area (Å²) in [7, 11) is 0. The topological polar surface area (TPSA) is 20.3 Å². The van der Waals surface area contributed by atoms with Crippen LogP contribution in [-0.4, -0.2) is 30.8 Å². The molecule has 0 aliphatic carbocycles. The number of hydrogen-bond acceptors (Lipinski definition) is 2. The Kier molecular flexibility index (Phi) is 31.0. The van der Waals surface area contributed by atoms with Crippen LogP contribution >= 0.6 is 0 Å². The third kappa shape index (κ3) is 22.5. The van der Waals surface area contributed by atoms with Crippen LogP contribution in [0.1, 0.15) is 48.0 Å². The summed E-state index contributed by atoms with van der Waals surface area (Å²) in [6.07, 6.45) is 1.64. The fraction of sp³-hybridized carbons (Fsp3) is 0.588. The molecule has 1 aromatic rings. The van der Waals surface area contributed by atoms with Crippen LogP contribution in [0, 0.1) is 0 Å². The van der Waals surface area contributed by atoms with E-state index in [1.54, 1.807) is 0 Å². The molecule has 0 radical (unpaired) electrons. The lowest BCUT2D eigenvalue weighted by atomic mass is 10.4. The van der Waals surface area contributed by atoms with Gasteiger partial charge in [-0.1, -0.05) is 77.9 Å². The van der Waals surface area contributed by atoms with E-state index >= 15 is 0 Å². The van der Waals surface area contributed by atoms with Gasteiger partial charge >= 0.3 is 0 Å². The van der Waals surface area contributed by atoms with Gasteiger partial charge in [-0.25, -0.2) is 0 Å². The number of carbonyl (C=O) groups excluding carboxylic acids is 1. The van der Waals surface area contributed by atoms with Crippen LogP contribution in [0.15, 0.2) is 36.4 Å². The summed E-state index contributed by atoms with van der Waals surface area (Å²) in [5.41, 5.74) is 0. The van der Waals surface area contributed by atoms with Crippen molar-refractivity contribution in [3.63, 3.8) is 0 Å². The number of carbonyl (C=O) groups is 1. The van der Waals surface area contributed by atoms with Gasteiger partial charge in [0.15, 0.2) is 0 Å². The molecule has 19 heavy (non-hydrogen) atoms. The van der Waals surface area contributed by atoms with Crippen LogP contribution in [-0.2, 0) is 4.79 Å². The van der Waals surface area contributed by atoms with E-state index < -0.39 is 0 Å². The lowest BCUT2D eigenvalue weighted by Crippen LogP contribution is -2.24. The molecule has 2 heteroatoms. The summed E-state index contributed by atoms with van der Waals surface area (Å²) < 4.78 is 0. The summed E-state index contributed by atoms with van der Waals surface area (Å²) in [6.45, 7) is 15.2. The number of rotatable bonds is 5. The number of hydrogen-bond donors (Lipinski definition) is 0. The second-order valence-electron chi connectivity index (χ2n) is 3.14. The Morgan fingerprint density at radius 1 is 0.789 bits per heavy atom. The van der Waals surface area contributed by atoms with E-state index in [-0.39, 0.29) is 0 Å². The first kappa shape index (κ1) is 23.0. The lowest BCUT2D eigenvalue weighted by Gasteiger charge is -2.15. The molecule has 0 bridgehead atoms. The Balaban J connectivity index is -0.000000221. The third-order valence-electron chi connectivity index (χ3n) is 2.12. The maximum absolute atomic E-state index is 9.91. The highest BCUT2D eigenvalue weighted by atomic mass is 16.1. The Hall–Kier alpha value is -1.15. The van der Waals surface area contributed by atoms with Crippen LogP contribution in [0.4, 0.5) is 0 Å². The Morgan fingerprint density at radius 2 is 1.11 bits per heavy atom. The summed E-state index contributed by atoms with van der Waals surface area (Å²) in [5, 5.41) is 0. The fourth-order valence-corrected chi connectivity index (χ4v) is 1.16. The molecule has 1 aromatic carbocycles. The van der Waals surface area contributed by atoms with E-state index in [0.717, 1.165) is 25.9 Å². The van der Waals surface area contributed by atoms with Gasteiger partial charge in [-0.05, 0) is 13.1 Å². The van der Waals surface area contributed by atoms with Crippen molar-refractivity contribution in [3.05, 3.63) is 36.4 Å². The molecule has 0 amide bonds. The minimum absolute atomic E-state index is 0.668. The Morgan fingerprint density at radius 3 is 1.32 bits per heavy atom. The molecule has 0 N–H and O–H groups in total. The Labute approximate surface area is 120 Å². The molecule has 0 aliphatic heterocycles. The van der Waals surface area contributed by atoms with Gasteiger partial charge in [-0.3, -0.25) is 0 Å². The quantitative estimate of drug-likeness (QED) is 0.723. The molecule has 0 saturated heterocycles. The van der Waals surface area contributed by atoms with Crippen LogP contribution in [0.3, 0.4) is 0 Å². The summed E-state index contributed by atoms with van der Waals surface area (Å²) >= 11 is 0. The van der Waals surface area contributed by atoms with E-state index in [1.165, 1.54) is 0 Å². The minimum Gasteiger partial charge on any atom is -0.303 e. The molecular formula is C17H33NO. The monoisotopic (exact) mass is 267 g/mol. The molecule has 2 nitrogen and oxygen atoms in total. The highest BCUT2D eigenvalue weighted by Crippen LogP contribution is 1.86. The van der Waals surface area contributed by atoms with Crippen molar-refractivity contribution in [1.29, 1.82) is 0 Å². The third-order valence-corrected chi connectivity index (χ3v) is 2.12. The minimum atomic E-state index is 0.668. The average Bonchev–Trinajstić information content (AvgIpc) is 2.55. The van der Waals surface area contributed by atoms with Gasteiger partial charge in [0.2, 0.25) is 0 Å². The molecule has 1 rings (SSSR count). The second-order valence-corrected chi connectivity index (χ2v) is 3.14. The molecular weight excluding hydrogens is 234 g/mol. The maximum Gasteiger partial charge on any atom is 0.121 e. The fourth-order valence-electron chi connectivity index (χ4n) is 1.16. The highest BCUT2D eigenvalue weighted by molar-refractivity contribution is 5.49. The van der Waals surface area contributed by atoms with E-state index in [1.807, 2.05) is 64.1 Å².